The fourth-order valence-electron chi connectivity index (χ4n) is 25.4. The van der Waals surface area contributed by atoms with Gasteiger partial charge in [-0.2, -0.15) is 0 Å². The summed E-state index contributed by atoms with van der Waals surface area (Å²) in [5.41, 5.74) is -4.80. The van der Waals surface area contributed by atoms with Gasteiger partial charge in [-0.1, -0.05) is 67.7 Å². The van der Waals surface area contributed by atoms with Crippen molar-refractivity contribution < 1.29 is 53.1 Å². The normalized spacial score (nSPS) is 52.9. The number of hydrogen-bond acceptors (Lipinski definition) is 13. The van der Waals surface area contributed by atoms with E-state index in [1.54, 1.807) is 0 Å². The number of nitrogens with one attached hydrogen (secondary N) is 1. The topological polar surface area (TPSA) is 181 Å². The van der Waals surface area contributed by atoms with Crippen molar-refractivity contribution in [2.45, 2.75) is 170 Å². The van der Waals surface area contributed by atoms with Crippen molar-refractivity contribution in [2.24, 2.45) is 98.6 Å². The number of esters is 2. The number of ether oxygens (including phenoxy) is 4. The van der Waals surface area contributed by atoms with Crippen molar-refractivity contribution in [3.8, 4) is 11.8 Å². The van der Waals surface area contributed by atoms with Crippen LogP contribution in [-0.2, 0) is 58.2 Å². The third kappa shape index (κ3) is 5.32. The molecule has 0 radical (unpaired) electrons. The molecule has 25 atom stereocenters. The van der Waals surface area contributed by atoms with Gasteiger partial charge in [-0.25, -0.2) is 4.79 Å². The van der Waals surface area contributed by atoms with E-state index in [4.69, 9.17) is 23.4 Å². The maximum Gasteiger partial charge on any atom is 0.339 e. The number of cyclic esters (lactones) is 1. The minimum Gasteiger partial charge on any atom is -0.469 e. The number of furan rings is 1. The Labute approximate surface area is 468 Å². The number of fused-ring (bicyclic) bond motifs is 7. The van der Waals surface area contributed by atoms with E-state index >= 15 is 14.4 Å². The monoisotopic (exact) mass is 1090 g/mol. The summed E-state index contributed by atoms with van der Waals surface area (Å²) in [7, 11) is 0. The average molecular weight is 1090 g/mol. The van der Waals surface area contributed by atoms with Crippen LogP contribution in [0.5, 0.6) is 0 Å². The molecule has 12 fully saturated rings. The SMILES string of the molecule is CC12CC=C3CC4CCCC45CC4CC6(C)C78OC(=O)C9OC96C6(C(O)C(=O)C1C1(COC(=O)C5C31O2)C46)C1CC(Cc2ccccc2)CCC1C#CC7CCc1coc(CC(C(O)CO)C2CCC3C(C=CN4CNCC34)C2)c18. The molecular weight excluding hydrogens is 1010 g/mol. The maximum atomic E-state index is 17.0. The first kappa shape index (κ1) is 49.2. The van der Waals surface area contributed by atoms with Crippen molar-refractivity contribution in [1.82, 2.24) is 10.2 Å². The second kappa shape index (κ2) is 15.9. The molecule has 0 amide bonds. The number of Topliss-reactive ketones (excluding diaryl/α,β-unsaturated/α-hetero) is 1. The summed E-state index contributed by atoms with van der Waals surface area (Å²) in [6, 6.07) is 11.1. The van der Waals surface area contributed by atoms with Gasteiger partial charge in [0.2, 0.25) is 0 Å². The molecule has 80 heavy (non-hydrogen) atoms. The minimum atomic E-state index is -1.54. The molecule has 6 spiro atoms. The predicted molar refractivity (Wildman–Crippen MR) is 288 cm³/mol. The van der Waals surface area contributed by atoms with E-state index in [2.05, 4.69) is 84.6 Å². The zero-order chi connectivity index (χ0) is 53.9. The first-order valence-corrected chi connectivity index (χ1v) is 31.5. The fourth-order valence-corrected chi connectivity index (χ4v) is 25.4. The molecule has 1 aromatic carbocycles. The van der Waals surface area contributed by atoms with Crippen LogP contribution in [0.1, 0.15) is 126 Å². The molecule has 25 unspecified atom stereocenters. The van der Waals surface area contributed by atoms with E-state index in [0.717, 1.165) is 94.1 Å². The minimum absolute atomic E-state index is 0.0210. The molecule has 18 rings (SSSR count). The highest BCUT2D eigenvalue weighted by Gasteiger charge is 3.00. The molecule has 5 saturated heterocycles. The highest BCUT2D eigenvalue weighted by molar-refractivity contribution is 5.94. The Morgan fingerprint density at radius 2 is 1.84 bits per heavy atom. The Morgan fingerprint density at radius 1 is 0.963 bits per heavy atom. The number of allylic oxidation sites excluding steroid dienone is 1. The Morgan fingerprint density at radius 3 is 2.70 bits per heavy atom. The van der Waals surface area contributed by atoms with Gasteiger partial charge in [0, 0.05) is 41.3 Å². The van der Waals surface area contributed by atoms with Crippen LogP contribution in [0.15, 0.2) is 64.9 Å². The lowest BCUT2D eigenvalue weighted by molar-refractivity contribution is -0.320. The molecule has 7 aliphatic heterocycles. The summed E-state index contributed by atoms with van der Waals surface area (Å²) < 4.78 is 37.0. The summed E-state index contributed by atoms with van der Waals surface area (Å²) in [5.74, 6) is 5.69. The van der Waals surface area contributed by atoms with Crippen LogP contribution in [0.2, 0.25) is 0 Å². The summed E-state index contributed by atoms with van der Waals surface area (Å²) in [6.45, 7) is 5.87. The summed E-state index contributed by atoms with van der Waals surface area (Å²) in [6.07, 6.45) is 18.3. The first-order chi connectivity index (χ1) is 38.7. The van der Waals surface area contributed by atoms with Crippen LogP contribution in [0.3, 0.4) is 0 Å². The van der Waals surface area contributed by atoms with Crippen molar-refractivity contribution >= 4 is 17.7 Å². The second-order valence-corrected chi connectivity index (χ2v) is 29.8. The molecule has 13 nitrogen and oxygen atoms in total. The van der Waals surface area contributed by atoms with Gasteiger partial charge in [0.05, 0.1) is 54.4 Å². The highest BCUT2D eigenvalue weighted by Crippen LogP contribution is 2.91. The molecule has 16 aliphatic rings. The standard InChI is InChI=1S/C67H78N2O11/c1-60-21-18-44-26-43-9-6-20-62(43)29-41-28-61(2)65-42(16-13-40-32-76-50(51(40)65)27-46(49(71)31-70)38-14-17-45-39(25-38)19-22-69-34-68-30-48(45)69)15-12-37-11-10-36(23-35-7-4-3-5-8-35)24-47(37)64(67(61)57(78-67)59(75)79-65)53(41)63(54(60)52(72)56(64)73)33-77-58(74)55(62)66(44,63)80-60/h3-5,7-8,18-19,22,32,36-39,41-43,45-49,53-57,68,70-71,73H,6,9-11,13-14,16-17,20-21,23-31,33-34H2,1-2H3. The third-order valence-corrected chi connectivity index (χ3v) is 27.5. The van der Waals surface area contributed by atoms with E-state index in [1.165, 1.54) is 5.56 Å². The largest absolute Gasteiger partial charge is 0.469 e. The molecule has 1 aromatic heterocycles. The Balaban J connectivity index is 0.872. The van der Waals surface area contributed by atoms with Gasteiger partial charge < -0.3 is 43.6 Å². The lowest BCUT2D eigenvalue weighted by atomic mass is 9.28. The number of carbonyl (C=O) groups is 3. The van der Waals surface area contributed by atoms with Gasteiger partial charge in [-0.15, -0.1) is 0 Å². The lowest BCUT2D eigenvalue weighted by Crippen LogP contribution is -2.84. The van der Waals surface area contributed by atoms with E-state index in [0.29, 0.717) is 68.6 Å². The summed E-state index contributed by atoms with van der Waals surface area (Å²) >= 11 is 0. The van der Waals surface area contributed by atoms with Gasteiger partial charge in [0.1, 0.15) is 29.7 Å². The van der Waals surface area contributed by atoms with Gasteiger partial charge in [-0.05, 0) is 185 Å². The van der Waals surface area contributed by atoms with Crippen molar-refractivity contribution in [3.63, 3.8) is 0 Å². The smallest absolute Gasteiger partial charge is 0.339 e. The molecule has 9 bridgehead atoms. The first-order valence-electron chi connectivity index (χ1n) is 31.5. The molecular formula is C67H78N2O11. The van der Waals surface area contributed by atoms with E-state index < -0.39 is 92.0 Å². The number of aryl methyl sites for hydroxylation is 1. The number of ketones is 1. The molecule has 8 heterocycles. The molecule has 9 aliphatic carbocycles. The fraction of sp³-hybridized carbons (Fsp3) is 0.716. The molecule has 4 N–H and O–H groups in total. The number of epoxide rings is 1. The van der Waals surface area contributed by atoms with Crippen LogP contribution >= 0.6 is 0 Å². The number of benzene rings is 1. The van der Waals surface area contributed by atoms with Crippen LogP contribution in [-0.4, -0.2) is 106 Å². The number of aliphatic hydroxyl groups is 3. The number of hydrogen-bond donors (Lipinski definition) is 4. The van der Waals surface area contributed by atoms with Gasteiger partial charge in [-0.3, -0.25) is 14.9 Å². The Bertz CT molecular complexity index is 3200. The van der Waals surface area contributed by atoms with Crippen LogP contribution < -0.4 is 5.32 Å². The Hall–Kier alpha value is -4.29. The molecule has 2 aromatic rings. The Kier molecular flexibility index (Phi) is 9.78. The van der Waals surface area contributed by atoms with Gasteiger partial charge >= 0.3 is 11.9 Å². The van der Waals surface area contributed by atoms with Crippen molar-refractivity contribution in [2.75, 3.05) is 26.4 Å². The number of aliphatic hydroxyl groups excluding tert-OH is 3. The number of carbonyl (C=O) groups excluding carboxylic acids is 3. The summed E-state index contributed by atoms with van der Waals surface area (Å²) in [5, 5.41) is 41.3. The van der Waals surface area contributed by atoms with E-state index in [1.807, 2.05) is 6.26 Å². The maximum absolute atomic E-state index is 17.0. The third-order valence-electron chi connectivity index (χ3n) is 27.5. The number of nitrogens with zero attached hydrogens (tertiary/aromatic N) is 1. The second-order valence-electron chi connectivity index (χ2n) is 29.8. The molecule has 7 saturated carbocycles. The van der Waals surface area contributed by atoms with Crippen molar-refractivity contribution in [1.29, 1.82) is 0 Å². The zero-order valence-corrected chi connectivity index (χ0v) is 46.4. The summed E-state index contributed by atoms with van der Waals surface area (Å²) in [4.78, 5) is 50.9. The van der Waals surface area contributed by atoms with Gasteiger partial charge in [0.15, 0.2) is 17.5 Å². The lowest BCUT2D eigenvalue weighted by Gasteiger charge is -2.74. The highest BCUT2D eigenvalue weighted by atomic mass is 16.7. The van der Waals surface area contributed by atoms with Crippen LogP contribution in [0.25, 0.3) is 0 Å². The average Bonchev–Trinajstić information content (AvgIpc) is 2.35. The van der Waals surface area contributed by atoms with Gasteiger partial charge in [0.25, 0.3) is 0 Å². The van der Waals surface area contributed by atoms with Crippen molar-refractivity contribution in [3.05, 3.63) is 83.0 Å². The van der Waals surface area contributed by atoms with E-state index in [9.17, 15) is 15.3 Å². The number of rotatable bonds is 7. The quantitative estimate of drug-likeness (QED) is 0.0954. The van der Waals surface area contributed by atoms with E-state index in [-0.39, 0.29) is 66.4 Å². The molecule has 13 heteroatoms. The van der Waals surface area contributed by atoms with Crippen LogP contribution in [0, 0.1) is 110 Å². The zero-order valence-electron chi connectivity index (χ0n) is 46.4. The predicted octanol–water partition coefficient (Wildman–Crippen LogP) is 7.13. The van der Waals surface area contributed by atoms with Crippen LogP contribution in [0.4, 0.5) is 0 Å². The molecule has 422 valence electrons.